The van der Waals surface area contributed by atoms with Crippen molar-refractivity contribution < 1.29 is 19.4 Å². The molecule has 0 aliphatic carbocycles. The highest BCUT2D eigenvalue weighted by atomic mass is 16.5. The normalized spacial score (nSPS) is 11.9. The van der Waals surface area contributed by atoms with Crippen molar-refractivity contribution >= 4 is 11.8 Å². The van der Waals surface area contributed by atoms with Crippen LogP contribution in [0.1, 0.15) is 6.92 Å². The van der Waals surface area contributed by atoms with E-state index in [0.29, 0.717) is 6.61 Å². The highest BCUT2D eigenvalue weighted by molar-refractivity contribution is 6.35. The molecule has 3 N–H and O–H groups in total. The maximum atomic E-state index is 11.0. The minimum Gasteiger partial charge on any atom is -0.392 e. The summed E-state index contributed by atoms with van der Waals surface area (Å²) >= 11 is 0. The van der Waals surface area contributed by atoms with Crippen LogP contribution >= 0.6 is 0 Å². The number of carbonyl (C=O) groups excluding carboxylic acids is 2. The Balaban J connectivity index is 3.60. The molecule has 14 heavy (non-hydrogen) atoms. The van der Waals surface area contributed by atoms with Gasteiger partial charge in [0.05, 0.1) is 12.7 Å². The van der Waals surface area contributed by atoms with Gasteiger partial charge in [0.2, 0.25) is 0 Å². The molecule has 0 bridgehead atoms. The van der Waals surface area contributed by atoms with Crippen molar-refractivity contribution in [3.63, 3.8) is 0 Å². The Hall–Kier alpha value is -1.14. The van der Waals surface area contributed by atoms with Crippen LogP contribution in [0.4, 0.5) is 0 Å². The fourth-order valence-corrected chi connectivity index (χ4v) is 0.668. The Morgan fingerprint density at radius 1 is 1.36 bits per heavy atom. The number of hydrogen-bond acceptors (Lipinski definition) is 4. The van der Waals surface area contributed by atoms with Crippen LogP contribution in [0.15, 0.2) is 0 Å². The quantitative estimate of drug-likeness (QED) is 0.366. The van der Waals surface area contributed by atoms with Crippen molar-refractivity contribution in [2.45, 2.75) is 13.0 Å². The van der Waals surface area contributed by atoms with Crippen molar-refractivity contribution in [2.24, 2.45) is 0 Å². The maximum Gasteiger partial charge on any atom is 0.309 e. The molecular formula is C8H16N2O4. The second-order valence-corrected chi connectivity index (χ2v) is 2.81. The first-order chi connectivity index (χ1) is 6.57. The third kappa shape index (κ3) is 6.38. The van der Waals surface area contributed by atoms with E-state index in [9.17, 15) is 9.59 Å². The molecular weight excluding hydrogens is 188 g/mol. The molecule has 0 aliphatic rings. The second kappa shape index (κ2) is 7.28. The monoisotopic (exact) mass is 204 g/mol. The van der Waals surface area contributed by atoms with Crippen molar-refractivity contribution in [3.8, 4) is 0 Å². The van der Waals surface area contributed by atoms with Crippen molar-refractivity contribution in [1.82, 2.24) is 10.6 Å². The molecule has 0 aromatic heterocycles. The van der Waals surface area contributed by atoms with E-state index in [4.69, 9.17) is 5.11 Å². The van der Waals surface area contributed by atoms with Gasteiger partial charge < -0.3 is 20.5 Å². The summed E-state index contributed by atoms with van der Waals surface area (Å²) < 4.78 is 4.68. The third-order valence-corrected chi connectivity index (χ3v) is 1.36. The zero-order chi connectivity index (χ0) is 11.0. The Labute approximate surface area is 82.6 Å². The first-order valence-corrected chi connectivity index (χ1v) is 4.31. The molecule has 0 aliphatic heterocycles. The summed E-state index contributed by atoms with van der Waals surface area (Å²) in [5, 5.41) is 13.4. The number of methoxy groups -OCH3 is 1. The molecule has 1 atom stereocenters. The average Bonchev–Trinajstić information content (AvgIpc) is 2.14. The van der Waals surface area contributed by atoms with Crippen LogP contribution < -0.4 is 10.6 Å². The summed E-state index contributed by atoms with van der Waals surface area (Å²) in [5.41, 5.74) is 0. The molecule has 0 heterocycles. The number of ether oxygens (including phenoxy) is 1. The lowest BCUT2D eigenvalue weighted by Gasteiger charge is -2.07. The van der Waals surface area contributed by atoms with Crippen LogP contribution in [0.3, 0.4) is 0 Å². The molecule has 2 amide bonds. The molecule has 6 nitrogen and oxygen atoms in total. The molecule has 0 fully saturated rings. The van der Waals surface area contributed by atoms with Gasteiger partial charge >= 0.3 is 11.8 Å². The number of rotatable bonds is 5. The van der Waals surface area contributed by atoms with Crippen LogP contribution in [-0.4, -0.2) is 49.8 Å². The molecule has 0 saturated heterocycles. The summed E-state index contributed by atoms with van der Waals surface area (Å²) in [6, 6.07) is 0. The fourth-order valence-electron chi connectivity index (χ4n) is 0.668. The Kier molecular flexibility index (Phi) is 6.69. The maximum absolute atomic E-state index is 11.0. The van der Waals surface area contributed by atoms with E-state index in [1.54, 1.807) is 0 Å². The van der Waals surface area contributed by atoms with Crippen molar-refractivity contribution in [1.29, 1.82) is 0 Å². The van der Waals surface area contributed by atoms with Crippen LogP contribution in [0.5, 0.6) is 0 Å². The minimum atomic E-state index is -0.748. The Bertz CT molecular complexity index is 194. The summed E-state index contributed by atoms with van der Waals surface area (Å²) in [6.45, 7) is 2.23. The summed E-state index contributed by atoms with van der Waals surface area (Å²) in [4.78, 5) is 21.9. The lowest BCUT2D eigenvalue weighted by Crippen LogP contribution is -2.43. The predicted molar refractivity (Wildman–Crippen MR) is 49.6 cm³/mol. The number of amides is 2. The first kappa shape index (κ1) is 12.9. The summed E-state index contributed by atoms with van der Waals surface area (Å²) in [6.07, 6.45) is -0.661. The predicted octanol–water partition coefficient (Wildman–Crippen LogP) is -1.75. The molecule has 0 aromatic rings. The molecule has 0 spiro atoms. The minimum absolute atomic E-state index is 0.0660. The number of aliphatic hydroxyl groups is 1. The van der Waals surface area contributed by atoms with Gasteiger partial charge in [-0.15, -0.1) is 0 Å². The highest BCUT2D eigenvalue weighted by Crippen LogP contribution is 1.76. The number of carbonyl (C=O) groups is 2. The Morgan fingerprint density at radius 3 is 2.43 bits per heavy atom. The van der Waals surface area contributed by atoms with Gasteiger partial charge in [-0.1, -0.05) is 0 Å². The standard InChI is InChI=1S/C8H16N2O4/c1-6(11)5-10-8(13)7(12)9-3-4-14-2/h6,11H,3-5H2,1-2H3,(H,9,12)(H,10,13). The molecule has 6 heteroatoms. The lowest BCUT2D eigenvalue weighted by molar-refractivity contribution is -0.139. The average molecular weight is 204 g/mol. The van der Waals surface area contributed by atoms with Gasteiger partial charge in [0.15, 0.2) is 0 Å². The van der Waals surface area contributed by atoms with Crippen molar-refractivity contribution in [2.75, 3.05) is 26.8 Å². The van der Waals surface area contributed by atoms with Crippen LogP contribution in [0.25, 0.3) is 0 Å². The van der Waals surface area contributed by atoms with E-state index in [-0.39, 0.29) is 13.1 Å². The van der Waals surface area contributed by atoms with E-state index in [2.05, 4.69) is 15.4 Å². The topological polar surface area (TPSA) is 87.7 Å². The van der Waals surface area contributed by atoms with E-state index in [1.807, 2.05) is 0 Å². The molecule has 1 unspecified atom stereocenters. The SMILES string of the molecule is COCCNC(=O)C(=O)NCC(C)O. The molecule has 0 rings (SSSR count). The number of aliphatic hydroxyl groups excluding tert-OH is 1. The third-order valence-electron chi connectivity index (χ3n) is 1.36. The van der Waals surface area contributed by atoms with Crippen LogP contribution in [0.2, 0.25) is 0 Å². The smallest absolute Gasteiger partial charge is 0.309 e. The van der Waals surface area contributed by atoms with Gasteiger partial charge in [-0.25, -0.2) is 0 Å². The molecule has 82 valence electrons. The fraction of sp³-hybridized carbons (Fsp3) is 0.750. The highest BCUT2D eigenvalue weighted by Gasteiger charge is 2.12. The van der Waals surface area contributed by atoms with Gasteiger partial charge in [0.25, 0.3) is 0 Å². The van der Waals surface area contributed by atoms with Crippen LogP contribution in [-0.2, 0) is 14.3 Å². The van der Waals surface area contributed by atoms with E-state index in [1.165, 1.54) is 14.0 Å². The second-order valence-electron chi connectivity index (χ2n) is 2.81. The largest absolute Gasteiger partial charge is 0.392 e. The molecule has 0 saturated carbocycles. The first-order valence-electron chi connectivity index (χ1n) is 4.31. The zero-order valence-corrected chi connectivity index (χ0v) is 8.37. The number of nitrogens with one attached hydrogen (secondary N) is 2. The van der Waals surface area contributed by atoms with Gasteiger partial charge in [-0.05, 0) is 6.92 Å². The van der Waals surface area contributed by atoms with E-state index >= 15 is 0 Å². The Morgan fingerprint density at radius 2 is 1.93 bits per heavy atom. The van der Waals surface area contributed by atoms with Crippen molar-refractivity contribution in [3.05, 3.63) is 0 Å². The van der Waals surface area contributed by atoms with Gasteiger partial charge in [-0.3, -0.25) is 9.59 Å². The van der Waals surface area contributed by atoms with Gasteiger partial charge in [0, 0.05) is 20.2 Å². The zero-order valence-electron chi connectivity index (χ0n) is 8.37. The summed E-state index contributed by atoms with van der Waals surface area (Å²) in [5.74, 6) is -1.47. The number of hydrogen-bond donors (Lipinski definition) is 3. The molecule has 0 radical (unpaired) electrons. The van der Waals surface area contributed by atoms with Gasteiger partial charge in [-0.2, -0.15) is 0 Å². The van der Waals surface area contributed by atoms with E-state index in [0.717, 1.165) is 0 Å². The van der Waals surface area contributed by atoms with Gasteiger partial charge in [0.1, 0.15) is 0 Å². The summed E-state index contributed by atoms with van der Waals surface area (Å²) in [7, 11) is 1.50. The van der Waals surface area contributed by atoms with E-state index < -0.39 is 17.9 Å². The molecule has 0 aromatic carbocycles. The van der Waals surface area contributed by atoms with Crippen LogP contribution in [0, 0.1) is 0 Å². The lowest BCUT2D eigenvalue weighted by atomic mass is 10.4.